The molecule has 1 aliphatic heterocycles. The van der Waals surface area contributed by atoms with Gasteiger partial charge in [0.05, 0.1) is 26.6 Å². The van der Waals surface area contributed by atoms with Crippen LogP contribution >= 0.6 is 11.6 Å². The predicted octanol–water partition coefficient (Wildman–Crippen LogP) is 4.38. The predicted molar refractivity (Wildman–Crippen MR) is 113 cm³/mol. The van der Waals surface area contributed by atoms with E-state index in [2.05, 4.69) is 32.0 Å². The van der Waals surface area contributed by atoms with Crippen molar-refractivity contribution in [3.63, 3.8) is 0 Å². The number of halogens is 2. The van der Waals surface area contributed by atoms with Crippen molar-refractivity contribution in [1.29, 1.82) is 0 Å². The quantitative estimate of drug-likeness (QED) is 0.381. The summed E-state index contributed by atoms with van der Waals surface area (Å²) in [5, 5.41) is 14.9. The van der Waals surface area contributed by atoms with Crippen LogP contribution in [0.4, 0.5) is 21.6 Å². The van der Waals surface area contributed by atoms with E-state index in [-0.39, 0.29) is 33.2 Å². The summed E-state index contributed by atoms with van der Waals surface area (Å²) in [6.45, 7) is 3.64. The van der Waals surface area contributed by atoms with Gasteiger partial charge in [-0.05, 0) is 32.2 Å². The Bertz CT molecular complexity index is 1230. The molecule has 0 bridgehead atoms. The van der Waals surface area contributed by atoms with Gasteiger partial charge in [-0.15, -0.1) is 0 Å². The molecule has 30 heavy (non-hydrogen) atoms. The number of hydrogen-bond acceptors (Lipinski definition) is 6. The summed E-state index contributed by atoms with van der Waals surface area (Å²) in [5.74, 6) is 5.71. The maximum absolute atomic E-state index is 14.3. The van der Waals surface area contributed by atoms with Gasteiger partial charge in [0.15, 0.2) is 5.82 Å². The number of nitrogens with one attached hydrogen (secondary N) is 1. The van der Waals surface area contributed by atoms with Crippen LogP contribution in [0.1, 0.15) is 12.5 Å². The van der Waals surface area contributed by atoms with Crippen molar-refractivity contribution in [2.45, 2.75) is 6.92 Å². The molecule has 2 heterocycles. The molecule has 0 atom stereocenters. The SMILES string of the molecule is CN1CC(C)(C#Cc2cc3ncnc(Nc4cccc(Cl)c4F)c3cc2[N+](=O)[O-])C1. The number of anilines is 2. The largest absolute Gasteiger partial charge is 0.337 e. The summed E-state index contributed by atoms with van der Waals surface area (Å²) in [6.07, 6.45) is 1.30. The Morgan fingerprint density at radius 3 is 2.80 bits per heavy atom. The minimum Gasteiger partial charge on any atom is -0.337 e. The lowest BCUT2D eigenvalue weighted by Crippen LogP contribution is -2.51. The topological polar surface area (TPSA) is 84.2 Å². The molecule has 4 rings (SSSR count). The average Bonchev–Trinajstić information content (AvgIpc) is 2.68. The number of aromatic nitrogens is 2. The minimum atomic E-state index is -0.637. The molecule has 0 saturated carbocycles. The molecule has 2 aromatic carbocycles. The zero-order valence-electron chi connectivity index (χ0n) is 16.2. The first-order valence-electron chi connectivity index (χ1n) is 9.12. The first-order chi connectivity index (χ1) is 14.3. The third-order valence-electron chi connectivity index (χ3n) is 4.89. The maximum atomic E-state index is 14.3. The fourth-order valence-corrected chi connectivity index (χ4v) is 3.79. The van der Waals surface area contributed by atoms with E-state index in [4.69, 9.17) is 11.6 Å². The van der Waals surface area contributed by atoms with Crippen LogP contribution in [0.2, 0.25) is 5.02 Å². The molecule has 0 amide bonds. The first-order valence-corrected chi connectivity index (χ1v) is 9.49. The number of hydrogen-bond donors (Lipinski definition) is 1. The van der Waals surface area contributed by atoms with Gasteiger partial charge in [-0.3, -0.25) is 10.1 Å². The lowest BCUT2D eigenvalue weighted by Gasteiger charge is -2.42. The zero-order chi connectivity index (χ0) is 21.5. The highest BCUT2D eigenvalue weighted by Gasteiger charge is 2.34. The monoisotopic (exact) mass is 425 g/mol. The van der Waals surface area contributed by atoms with Crippen LogP contribution in [0.25, 0.3) is 10.9 Å². The second-order valence-corrected chi connectivity index (χ2v) is 7.98. The van der Waals surface area contributed by atoms with E-state index in [0.717, 1.165) is 13.1 Å². The summed E-state index contributed by atoms with van der Waals surface area (Å²) in [6, 6.07) is 7.44. The molecule has 1 saturated heterocycles. The molecule has 3 aromatic rings. The van der Waals surface area contributed by atoms with Crippen molar-refractivity contribution in [2.75, 3.05) is 25.5 Å². The van der Waals surface area contributed by atoms with Gasteiger partial charge in [-0.25, -0.2) is 14.4 Å². The van der Waals surface area contributed by atoms with Gasteiger partial charge in [-0.1, -0.05) is 29.5 Å². The molecule has 0 radical (unpaired) electrons. The highest BCUT2D eigenvalue weighted by molar-refractivity contribution is 6.31. The van der Waals surface area contributed by atoms with Crippen LogP contribution < -0.4 is 5.32 Å². The summed E-state index contributed by atoms with van der Waals surface area (Å²) in [4.78, 5) is 21.7. The van der Waals surface area contributed by atoms with Gasteiger partial charge >= 0.3 is 0 Å². The van der Waals surface area contributed by atoms with E-state index < -0.39 is 10.7 Å². The standard InChI is InChI=1S/C21H17ClFN5O2/c1-21(10-27(2)11-21)7-6-13-8-17-14(9-18(13)28(29)30)20(25-12-24-17)26-16-5-3-4-15(22)19(16)23/h3-5,8-9,12H,10-11H2,1-2H3,(H,24,25,26). The fraction of sp³-hybridized carbons (Fsp3) is 0.238. The number of rotatable bonds is 3. The highest BCUT2D eigenvalue weighted by atomic mass is 35.5. The van der Waals surface area contributed by atoms with Crippen molar-refractivity contribution >= 4 is 39.7 Å². The van der Waals surface area contributed by atoms with E-state index in [9.17, 15) is 14.5 Å². The molecular weight excluding hydrogens is 409 g/mol. The Morgan fingerprint density at radius 1 is 1.33 bits per heavy atom. The van der Waals surface area contributed by atoms with Gasteiger partial charge < -0.3 is 10.2 Å². The van der Waals surface area contributed by atoms with Crippen LogP contribution in [-0.4, -0.2) is 39.9 Å². The molecule has 0 unspecified atom stereocenters. The Labute approximate surface area is 177 Å². The van der Waals surface area contributed by atoms with Crippen LogP contribution in [-0.2, 0) is 0 Å². The van der Waals surface area contributed by atoms with E-state index >= 15 is 0 Å². The van der Waals surface area contributed by atoms with E-state index in [1.807, 2.05) is 14.0 Å². The molecule has 1 aromatic heterocycles. The molecule has 0 spiro atoms. The second kappa shape index (κ2) is 7.52. The Morgan fingerprint density at radius 2 is 2.10 bits per heavy atom. The van der Waals surface area contributed by atoms with Crippen LogP contribution in [0, 0.1) is 33.2 Å². The molecule has 0 aliphatic carbocycles. The average molecular weight is 426 g/mol. The minimum absolute atomic E-state index is 0.0444. The van der Waals surface area contributed by atoms with Gasteiger partial charge in [0.2, 0.25) is 0 Å². The summed E-state index contributed by atoms with van der Waals surface area (Å²) >= 11 is 5.83. The number of likely N-dealkylation sites (tertiary alicyclic amines) is 1. The van der Waals surface area contributed by atoms with Crippen LogP contribution in [0.15, 0.2) is 36.7 Å². The summed E-state index contributed by atoms with van der Waals surface area (Å²) < 4.78 is 14.3. The third-order valence-corrected chi connectivity index (χ3v) is 5.18. The highest BCUT2D eigenvalue weighted by Crippen LogP contribution is 2.32. The van der Waals surface area contributed by atoms with E-state index in [1.54, 1.807) is 12.1 Å². The van der Waals surface area contributed by atoms with Crippen molar-refractivity contribution < 1.29 is 9.31 Å². The number of fused-ring (bicyclic) bond motifs is 1. The number of nitro groups is 1. The lowest BCUT2D eigenvalue weighted by atomic mass is 9.83. The summed E-state index contributed by atoms with van der Waals surface area (Å²) in [5.41, 5.74) is 0.495. The van der Waals surface area contributed by atoms with Gasteiger partial charge in [0, 0.05) is 24.5 Å². The smallest absolute Gasteiger partial charge is 0.285 e. The van der Waals surface area contributed by atoms with Crippen molar-refractivity contribution in [3.8, 4) is 11.8 Å². The molecule has 152 valence electrons. The third kappa shape index (κ3) is 3.77. The normalized spacial score (nSPS) is 15.2. The molecule has 9 heteroatoms. The molecular formula is C21H17ClFN5O2. The second-order valence-electron chi connectivity index (χ2n) is 7.58. The Kier molecular flexibility index (Phi) is 5.02. The van der Waals surface area contributed by atoms with Gasteiger partial charge in [0.1, 0.15) is 17.7 Å². The molecule has 1 fully saturated rings. The van der Waals surface area contributed by atoms with E-state index in [0.29, 0.717) is 10.9 Å². The Balaban J connectivity index is 1.78. The Hall–Kier alpha value is -3.28. The number of nitrogens with zero attached hydrogens (tertiary/aromatic N) is 4. The maximum Gasteiger partial charge on any atom is 0.285 e. The first kappa shape index (κ1) is 20.0. The zero-order valence-corrected chi connectivity index (χ0v) is 17.0. The van der Waals surface area contributed by atoms with Crippen molar-refractivity contribution in [3.05, 3.63) is 63.2 Å². The fourth-order valence-electron chi connectivity index (χ4n) is 3.61. The molecule has 1 N–H and O–H groups in total. The van der Waals surface area contributed by atoms with Crippen LogP contribution in [0.5, 0.6) is 0 Å². The van der Waals surface area contributed by atoms with Crippen molar-refractivity contribution in [1.82, 2.24) is 14.9 Å². The lowest BCUT2D eigenvalue weighted by molar-refractivity contribution is -0.385. The van der Waals surface area contributed by atoms with Gasteiger partial charge in [-0.2, -0.15) is 0 Å². The molecule has 7 nitrogen and oxygen atoms in total. The van der Waals surface area contributed by atoms with Gasteiger partial charge in [0.25, 0.3) is 5.69 Å². The number of nitro benzene ring substituents is 1. The van der Waals surface area contributed by atoms with E-state index in [1.165, 1.54) is 24.5 Å². The summed E-state index contributed by atoms with van der Waals surface area (Å²) in [7, 11) is 2.00. The van der Waals surface area contributed by atoms with Crippen molar-refractivity contribution in [2.24, 2.45) is 5.41 Å². The molecule has 1 aliphatic rings. The number of benzene rings is 2. The van der Waals surface area contributed by atoms with Crippen LogP contribution in [0.3, 0.4) is 0 Å².